The van der Waals surface area contributed by atoms with Crippen molar-refractivity contribution >= 4 is 33.4 Å². The molecule has 0 radical (unpaired) electrons. The van der Waals surface area contributed by atoms with Crippen LogP contribution in [0.3, 0.4) is 0 Å². The highest BCUT2D eigenvalue weighted by Gasteiger charge is 2.23. The lowest BCUT2D eigenvalue weighted by Gasteiger charge is -2.19. The lowest BCUT2D eigenvalue weighted by molar-refractivity contribution is -0.140. The number of thiazole rings is 1. The molecule has 7 heteroatoms. The van der Waals surface area contributed by atoms with Crippen LogP contribution >= 0.6 is 11.3 Å². The van der Waals surface area contributed by atoms with E-state index in [0.29, 0.717) is 13.0 Å². The van der Waals surface area contributed by atoms with E-state index in [4.69, 9.17) is 0 Å². The first kappa shape index (κ1) is 18.4. The van der Waals surface area contributed by atoms with Gasteiger partial charge in [0.05, 0.1) is 21.8 Å². The van der Waals surface area contributed by atoms with Gasteiger partial charge in [0.1, 0.15) is 6.04 Å². The minimum Gasteiger partial charge on any atom is -0.480 e. The van der Waals surface area contributed by atoms with Crippen LogP contribution in [-0.4, -0.2) is 41.1 Å². The Bertz CT molecular complexity index is 668. The minimum atomic E-state index is -0.924. The lowest BCUT2D eigenvalue weighted by Crippen LogP contribution is -2.46. The molecule has 0 spiro atoms. The highest BCUT2D eigenvalue weighted by atomic mass is 32.1. The number of carbonyl (C=O) groups excluding carboxylic acids is 1. The van der Waals surface area contributed by atoms with Gasteiger partial charge in [-0.05, 0) is 18.1 Å². The van der Waals surface area contributed by atoms with Crippen molar-refractivity contribution in [2.45, 2.75) is 32.7 Å². The van der Waals surface area contributed by atoms with Gasteiger partial charge in [0, 0.05) is 13.0 Å². The third-order valence-corrected chi connectivity index (χ3v) is 5.06. The zero-order chi connectivity index (χ0) is 17.5. The zero-order valence-corrected chi connectivity index (χ0v) is 14.7. The van der Waals surface area contributed by atoms with Crippen LogP contribution in [0.4, 0.5) is 0 Å². The molecule has 2 aromatic rings. The van der Waals surface area contributed by atoms with Gasteiger partial charge in [-0.1, -0.05) is 32.4 Å². The maximum absolute atomic E-state index is 11.9. The molecule has 1 heterocycles. The molecule has 1 amide bonds. The topological polar surface area (TPSA) is 91.3 Å². The number of carboxylic acid groups (broad SMARTS) is 1. The minimum absolute atomic E-state index is 0.00114. The Hall–Kier alpha value is -1.99. The van der Waals surface area contributed by atoms with Crippen molar-refractivity contribution in [3.05, 3.63) is 29.3 Å². The first-order valence-electron chi connectivity index (χ1n) is 8.08. The first-order chi connectivity index (χ1) is 11.5. The summed E-state index contributed by atoms with van der Waals surface area (Å²) in [6.45, 7) is 4.28. The van der Waals surface area contributed by atoms with Gasteiger partial charge in [0.25, 0.3) is 0 Å². The lowest BCUT2D eigenvalue weighted by atomic mass is 9.99. The van der Waals surface area contributed by atoms with Gasteiger partial charge in [-0.3, -0.25) is 14.9 Å². The third-order valence-electron chi connectivity index (χ3n) is 3.96. The van der Waals surface area contributed by atoms with Crippen LogP contribution in [0, 0.1) is 5.92 Å². The molecule has 1 aromatic carbocycles. The first-order valence-corrected chi connectivity index (χ1v) is 8.90. The molecule has 2 rings (SSSR count). The van der Waals surface area contributed by atoms with Gasteiger partial charge < -0.3 is 10.4 Å². The maximum atomic E-state index is 11.9. The molecule has 130 valence electrons. The molecule has 0 aliphatic rings. The van der Waals surface area contributed by atoms with E-state index in [0.717, 1.165) is 21.6 Å². The van der Waals surface area contributed by atoms with Gasteiger partial charge in [0.15, 0.2) is 0 Å². The van der Waals surface area contributed by atoms with Crippen LogP contribution in [0.1, 0.15) is 25.3 Å². The Labute approximate surface area is 145 Å². The molecule has 0 bridgehead atoms. The number of fused-ring (bicyclic) bond motifs is 1. The fourth-order valence-electron chi connectivity index (χ4n) is 2.37. The van der Waals surface area contributed by atoms with Crippen LogP contribution < -0.4 is 10.6 Å². The monoisotopic (exact) mass is 349 g/mol. The molecule has 1 aromatic heterocycles. The zero-order valence-electron chi connectivity index (χ0n) is 13.9. The summed E-state index contributed by atoms with van der Waals surface area (Å²) in [7, 11) is 0. The van der Waals surface area contributed by atoms with Gasteiger partial charge in [-0.15, -0.1) is 11.3 Å². The van der Waals surface area contributed by atoms with Crippen LogP contribution in [0.2, 0.25) is 0 Å². The molecule has 0 aliphatic heterocycles. The molecule has 0 fully saturated rings. The largest absolute Gasteiger partial charge is 0.480 e. The number of amides is 1. The standard InChI is InChI=1S/C17H23N3O3S/c1-3-11(2)16(17(22)23)19-10-14(21)18-9-8-15-20-12-6-4-5-7-13(12)24-15/h4-7,11,16,19H,3,8-10H2,1-2H3,(H,18,21)(H,22,23)/t11-,16-/m0/s1. The molecule has 24 heavy (non-hydrogen) atoms. The number of nitrogens with one attached hydrogen (secondary N) is 2. The number of aliphatic carboxylic acids is 1. The predicted octanol–water partition coefficient (Wildman–Crippen LogP) is 2.04. The van der Waals surface area contributed by atoms with Crippen molar-refractivity contribution in [1.82, 2.24) is 15.6 Å². The molecule has 6 nitrogen and oxygen atoms in total. The quantitative estimate of drug-likeness (QED) is 0.644. The van der Waals surface area contributed by atoms with E-state index in [-0.39, 0.29) is 18.4 Å². The van der Waals surface area contributed by atoms with E-state index < -0.39 is 12.0 Å². The van der Waals surface area contributed by atoms with Gasteiger partial charge in [-0.2, -0.15) is 0 Å². The van der Waals surface area contributed by atoms with E-state index in [1.54, 1.807) is 11.3 Å². The number of rotatable bonds is 9. The molecule has 0 saturated carbocycles. The fraction of sp³-hybridized carbons (Fsp3) is 0.471. The summed E-state index contributed by atoms with van der Waals surface area (Å²) in [4.78, 5) is 27.6. The number of carboxylic acids is 1. The van der Waals surface area contributed by atoms with Gasteiger partial charge in [0.2, 0.25) is 5.91 Å². The van der Waals surface area contributed by atoms with E-state index in [2.05, 4.69) is 15.6 Å². The maximum Gasteiger partial charge on any atom is 0.320 e. The Balaban J connectivity index is 1.75. The average Bonchev–Trinajstić information content (AvgIpc) is 2.97. The second kappa shape index (κ2) is 8.75. The predicted molar refractivity (Wildman–Crippen MR) is 95.2 cm³/mol. The van der Waals surface area contributed by atoms with Crippen molar-refractivity contribution in [3.8, 4) is 0 Å². The van der Waals surface area contributed by atoms with Gasteiger partial charge in [-0.25, -0.2) is 4.98 Å². The number of nitrogens with zero attached hydrogens (tertiary/aromatic N) is 1. The molecule has 0 saturated heterocycles. The van der Waals surface area contributed by atoms with E-state index in [9.17, 15) is 14.7 Å². The Morgan fingerprint density at radius 3 is 2.75 bits per heavy atom. The second-order valence-corrected chi connectivity index (χ2v) is 6.87. The number of hydrogen-bond donors (Lipinski definition) is 3. The number of benzene rings is 1. The Morgan fingerprint density at radius 2 is 2.08 bits per heavy atom. The summed E-state index contributed by atoms with van der Waals surface area (Å²) in [6, 6.07) is 7.23. The molecule has 3 N–H and O–H groups in total. The van der Waals surface area contributed by atoms with Crippen molar-refractivity contribution in [1.29, 1.82) is 0 Å². The summed E-state index contributed by atoms with van der Waals surface area (Å²) < 4.78 is 1.14. The molecular formula is C17H23N3O3S. The van der Waals surface area contributed by atoms with E-state index >= 15 is 0 Å². The SMILES string of the molecule is CC[C@H](C)[C@H](NCC(=O)NCCc1nc2ccccc2s1)C(=O)O. The normalized spacial score (nSPS) is 13.6. The second-order valence-electron chi connectivity index (χ2n) is 5.76. The Morgan fingerprint density at radius 1 is 1.33 bits per heavy atom. The van der Waals surface area contributed by atoms with Crippen molar-refractivity contribution < 1.29 is 14.7 Å². The molecular weight excluding hydrogens is 326 g/mol. The van der Waals surface area contributed by atoms with Crippen LogP contribution in [0.15, 0.2) is 24.3 Å². The smallest absolute Gasteiger partial charge is 0.320 e. The summed E-state index contributed by atoms with van der Waals surface area (Å²) in [5, 5.41) is 15.8. The number of para-hydroxylation sites is 1. The number of carbonyl (C=O) groups is 2. The van der Waals surface area contributed by atoms with Gasteiger partial charge >= 0.3 is 5.97 Å². The summed E-state index contributed by atoms with van der Waals surface area (Å²) in [5.41, 5.74) is 0.975. The fourth-order valence-corrected chi connectivity index (χ4v) is 3.34. The number of hydrogen-bond acceptors (Lipinski definition) is 5. The summed E-state index contributed by atoms with van der Waals surface area (Å²) >= 11 is 1.62. The van der Waals surface area contributed by atoms with Crippen molar-refractivity contribution in [3.63, 3.8) is 0 Å². The number of aromatic nitrogens is 1. The molecule has 0 aliphatic carbocycles. The van der Waals surface area contributed by atoms with Crippen molar-refractivity contribution in [2.24, 2.45) is 5.92 Å². The van der Waals surface area contributed by atoms with E-state index in [1.165, 1.54) is 0 Å². The Kier molecular flexibility index (Phi) is 6.69. The van der Waals surface area contributed by atoms with Crippen molar-refractivity contribution in [2.75, 3.05) is 13.1 Å². The van der Waals surface area contributed by atoms with Crippen LogP contribution in [0.25, 0.3) is 10.2 Å². The highest BCUT2D eigenvalue weighted by Crippen LogP contribution is 2.21. The molecule has 0 unspecified atom stereocenters. The summed E-state index contributed by atoms with van der Waals surface area (Å²) in [6.07, 6.45) is 1.40. The highest BCUT2D eigenvalue weighted by molar-refractivity contribution is 7.18. The van der Waals surface area contributed by atoms with E-state index in [1.807, 2.05) is 38.1 Å². The van der Waals surface area contributed by atoms with Crippen LogP contribution in [0.5, 0.6) is 0 Å². The van der Waals surface area contributed by atoms with Crippen LogP contribution in [-0.2, 0) is 16.0 Å². The third kappa shape index (κ3) is 5.01. The average molecular weight is 349 g/mol. The molecule has 2 atom stereocenters. The summed E-state index contributed by atoms with van der Waals surface area (Å²) in [5.74, 6) is -1.16.